The molecule has 0 heterocycles. The van der Waals surface area contributed by atoms with Crippen molar-refractivity contribution >= 4 is 22.6 Å². The summed E-state index contributed by atoms with van der Waals surface area (Å²) in [5, 5.41) is 18.7. The minimum absolute atomic E-state index is 0.0670. The van der Waals surface area contributed by atoms with Crippen LogP contribution in [-0.2, 0) is 9.59 Å². The molecule has 3 N–H and O–H groups in total. The molecule has 0 aliphatic rings. The van der Waals surface area contributed by atoms with E-state index >= 15 is 0 Å². The number of amides is 2. The van der Waals surface area contributed by atoms with Crippen LogP contribution in [0.25, 0.3) is 10.8 Å². The first-order valence-corrected chi connectivity index (χ1v) is 11.3. The van der Waals surface area contributed by atoms with Crippen LogP contribution in [-0.4, -0.2) is 16.9 Å². The third-order valence-corrected chi connectivity index (χ3v) is 5.92. The third-order valence-electron chi connectivity index (χ3n) is 5.92. The van der Waals surface area contributed by atoms with E-state index in [2.05, 4.69) is 10.6 Å². The summed E-state index contributed by atoms with van der Waals surface area (Å²) < 4.78 is 0. The monoisotopic (exact) mass is 452 g/mol. The smallest absolute Gasteiger partial charge is 0.223 e. The molecule has 2 amide bonds. The van der Waals surface area contributed by atoms with Gasteiger partial charge < -0.3 is 15.7 Å². The Hall–Kier alpha value is -4.12. The highest BCUT2D eigenvalue weighted by molar-refractivity contribution is 5.89. The third kappa shape index (κ3) is 5.26. The Morgan fingerprint density at radius 3 is 2.18 bits per heavy atom. The van der Waals surface area contributed by atoms with Gasteiger partial charge in [-0.25, -0.2) is 0 Å². The highest BCUT2D eigenvalue weighted by atomic mass is 16.3. The zero-order valence-electron chi connectivity index (χ0n) is 19.3. The summed E-state index contributed by atoms with van der Waals surface area (Å²) in [5.74, 6) is -0.324. The molecule has 4 aromatic carbocycles. The van der Waals surface area contributed by atoms with Crippen molar-refractivity contribution in [2.24, 2.45) is 0 Å². The maximum Gasteiger partial charge on any atom is 0.223 e. The average molecular weight is 453 g/mol. The normalized spacial score (nSPS) is 12.6. The maximum absolute atomic E-state index is 13.3. The minimum Gasteiger partial charge on any atom is -0.508 e. The summed E-state index contributed by atoms with van der Waals surface area (Å²) in [7, 11) is 0. The van der Waals surface area contributed by atoms with Crippen molar-refractivity contribution in [3.05, 3.63) is 113 Å². The minimum atomic E-state index is -0.559. The Labute approximate surface area is 199 Å². The van der Waals surface area contributed by atoms with Gasteiger partial charge in [-0.3, -0.25) is 9.59 Å². The van der Waals surface area contributed by atoms with Gasteiger partial charge in [-0.1, -0.05) is 90.5 Å². The van der Waals surface area contributed by atoms with Crippen LogP contribution in [0.3, 0.4) is 0 Å². The quantitative estimate of drug-likeness (QED) is 0.355. The SMILES string of the molecule is CC(=O)NC(CC(=O)NC(c1ccccc1)c1c(O)ccc2ccccc12)c1ccc(C)cc1. The van der Waals surface area contributed by atoms with Crippen molar-refractivity contribution in [3.8, 4) is 5.75 Å². The lowest BCUT2D eigenvalue weighted by Crippen LogP contribution is -2.35. The molecule has 0 saturated heterocycles. The average Bonchev–Trinajstić information content (AvgIpc) is 2.83. The molecule has 0 saturated carbocycles. The van der Waals surface area contributed by atoms with E-state index in [-0.39, 0.29) is 24.0 Å². The zero-order chi connectivity index (χ0) is 24.1. The van der Waals surface area contributed by atoms with E-state index in [0.29, 0.717) is 5.56 Å². The first-order valence-electron chi connectivity index (χ1n) is 11.3. The van der Waals surface area contributed by atoms with Crippen LogP contribution in [0, 0.1) is 6.92 Å². The van der Waals surface area contributed by atoms with Crippen molar-refractivity contribution in [2.75, 3.05) is 0 Å². The molecule has 0 spiro atoms. The van der Waals surface area contributed by atoms with Crippen LogP contribution >= 0.6 is 0 Å². The summed E-state index contributed by atoms with van der Waals surface area (Å²) in [4.78, 5) is 25.2. The number of hydrogen-bond acceptors (Lipinski definition) is 3. The molecular formula is C29H28N2O3. The molecule has 0 aromatic heterocycles. The fourth-order valence-electron chi connectivity index (χ4n) is 4.26. The van der Waals surface area contributed by atoms with Gasteiger partial charge in [0.2, 0.25) is 11.8 Å². The van der Waals surface area contributed by atoms with E-state index < -0.39 is 12.1 Å². The van der Waals surface area contributed by atoms with Crippen LogP contribution in [0.1, 0.15) is 47.7 Å². The molecule has 0 aliphatic carbocycles. The van der Waals surface area contributed by atoms with Crippen molar-refractivity contribution in [1.29, 1.82) is 0 Å². The highest BCUT2D eigenvalue weighted by Gasteiger charge is 2.24. The molecule has 0 fully saturated rings. The second-order valence-corrected chi connectivity index (χ2v) is 8.50. The van der Waals surface area contributed by atoms with Gasteiger partial charge in [0.05, 0.1) is 18.5 Å². The lowest BCUT2D eigenvalue weighted by atomic mass is 9.92. The van der Waals surface area contributed by atoms with Gasteiger partial charge in [-0.2, -0.15) is 0 Å². The molecule has 172 valence electrons. The number of benzene rings is 4. The van der Waals surface area contributed by atoms with Gasteiger partial charge in [-0.05, 0) is 34.9 Å². The maximum atomic E-state index is 13.3. The van der Waals surface area contributed by atoms with Crippen LogP contribution in [0.4, 0.5) is 0 Å². The number of nitrogens with one attached hydrogen (secondary N) is 2. The number of hydrogen-bond donors (Lipinski definition) is 3. The molecule has 34 heavy (non-hydrogen) atoms. The van der Waals surface area contributed by atoms with E-state index in [9.17, 15) is 14.7 Å². The fourth-order valence-corrected chi connectivity index (χ4v) is 4.26. The molecule has 4 aromatic rings. The van der Waals surface area contributed by atoms with Crippen molar-refractivity contribution < 1.29 is 14.7 Å². The van der Waals surface area contributed by atoms with Crippen LogP contribution in [0.15, 0.2) is 91.0 Å². The van der Waals surface area contributed by atoms with Crippen LogP contribution in [0.5, 0.6) is 5.75 Å². The Bertz CT molecular complexity index is 1300. The topological polar surface area (TPSA) is 78.4 Å². The van der Waals surface area contributed by atoms with Gasteiger partial charge in [0, 0.05) is 12.5 Å². The van der Waals surface area contributed by atoms with E-state index in [1.54, 1.807) is 6.07 Å². The molecule has 0 bridgehead atoms. The Morgan fingerprint density at radius 1 is 0.794 bits per heavy atom. The summed E-state index contributed by atoms with van der Waals surface area (Å²) in [5.41, 5.74) is 3.46. The van der Waals surface area contributed by atoms with E-state index in [4.69, 9.17) is 0 Å². The first-order chi connectivity index (χ1) is 16.4. The Kier molecular flexibility index (Phi) is 6.93. The number of carbonyl (C=O) groups excluding carboxylic acids is 2. The number of phenols is 1. The largest absolute Gasteiger partial charge is 0.508 e. The number of aryl methyl sites for hydroxylation is 1. The number of fused-ring (bicyclic) bond motifs is 1. The lowest BCUT2D eigenvalue weighted by molar-refractivity contribution is -0.123. The van der Waals surface area contributed by atoms with E-state index in [0.717, 1.165) is 27.5 Å². The number of phenolic OH excluding ortho intramolecular Hbond substituents is 1. The predicted molar refractivity (Wildman–Crippen MR) is 134 cm³/mol. The predicted octanol–water partition coefficient (Wildman–Crippen LogP) is 5.33. The van der Waals surface area contributed by atoms with Crippen molar-refractivity contribution in [3.63, 3.8) is 0 Å². The number of aromatic hydroxyl groups is 1. The molecule has 2 unspecified atom stereocenters. The summed E-state index contributed by atoms with van der Waals surface area (Å²) >= 11 is 0. The van der Waals surface area contributed by atoms with Crippen molar-refractivity contribution in [1.82, 2.24) is 10.6 Å². The lowest BCUT2D eigenvalue weighted by Gasteiger charge is -2.24. The standard InChI is InChI=1S/C29H28N2O3/c1-19-12-14-22(15-13-19)25(30-20(2)32)18-27(34)31-29(23-9-4-3-5-10-23)28-24-11-7-6-8-21(24)16-17-26(28)33/h3-17,25,29,33H,18H2,1-2H3,(H,30,32)(H,31,34). The fraction of sp³-hybridized carbons (Fsp3) is 0.172. The van der Waals surface area contributed by atoms with Gasteiger partial charge in [-0.15, -0.1) is 0 Å². The molecule has 5 nitrogen and oxygen atoms in total. The molecule has 4 rings (SSSR count). The van der Waals surface area contributed by atoms with Crippen LogP contribution < -0.4 is 10.6 Å². The van der Waals surface area contributed by atoms with Crippen LogP contribution in [0.2, 0.25) is 0 Å². The van der Waals surface area contributed by atoms with Gasteiger partial charge >= 0.3 is 0 Å². The molecule has 0 aliphatic heterocycles. The summed E-state index contributed by atoms with van der Waals surface area (Å²) in [6, 6.07) is 27.6. The second kappa shape index (κ2) is 10.2. The molecule has 2 atom stereocenters. The number of rotatable bonds is 7. The van der Waals surface area contributed by atoms with Gasteiger partial charge in [0.1, 0.15) is 5.75 Å². The summed E-state index contributed by atoms with van der Waals surface area (Å²) in [6.45, 7) is 3.44. The molecular weight excluding hydrogens is 424 g/mol. The van der Waals surface area contributed by atoms with Crippen molar-refractivity contribution in [2.45, 2.75) is 32.4 Å². The summed E-state index contributed by atoms with van der Waals surface area (Å²) in [6.07, 6.45) is 0.0670. The zero-order valence-corrected chi connectivity index (χ0v) is 19.3. The Morgan fingerprint density at radius 2 is 1.47 bits per heavy atom. The van der Waals surface area contributed by atoms with Gasteiger partial charge in [0.15, 0.2) is 0 Å². The Balaban J connectivity index is 1.69. The second-order valence-electron chi connectivity index (χ2n) is 8.50. The van der Waals surface area contributed by atoms with E-state index in [1.165, 1.54) is 6.92 Å². The van der Waals surface area contributed by atoms with Gasteiger partial charge in [0.25, 0.3) is 0 Å². The molecule has 0 radical (unpaired) electrons. The van der Waals surface area contributed by atoms with E-state index in [1.807, 2.05) is 91.9 Å². The first kappa shape index (κ1) is 23.1. The number of carbonyl (C=O) groups is 2. The highest BCUT2D eigenvalue weighted by Crippen LogP contribution is 2.36. The molecule has 5 heteroatoms.